The summed E-state index contributed by atoms with van der Waals surface area (Å²) in [7, 11) is 1.95. The van der Waals surface area contributed by atoms with Crippen LogP contribution in [-0.4, -0.2) is 41.1 Å². The molecule has 2 aromatic rings. The zero-order chi connectivity index (χ0) is 14.8. The van der Waals surface area contributed by atoms with E-state index in [4.69, 9.17) is 27.9 Å². The van der Waals surface area contributed by atoms with Gasteiger partial charge in [0, 0.05) is 37.3 Å². The van der Waals surface area contributed by atoms with Crippen molar-refractivity contribution < 1.29 is 4.74 Å². The summed E-state index contributed by atoms with van der Waals surface area (Å²) < 4.78 is 7.43. The van der Waals surface area contributed by atoms with Gasteiger partial charge in [-0.1, -0.05) is 23.2 Å². The van der Waals surface area contributed by atoms with E-state index in [0.29, 0.717) is 16.7 Å². The van der Waals surface area contributed by atoms with Crippen LogP contribution in [0.1, 0.15) is 6.42 Å². The highest BCUT2D eigenvalue weighted by atomic mass is 35.5. The number of hydrogen-bond acceptors (Lipinski definition) is 4. The van der Waals surface area contributed by atoms with Crippen molar-refractivity contribution in [1.29, 1.82) is 0 Å². The molecule has 0 spiro atoms. The molecular formula is C14H16Cl2N4O. The number of rotatable bonds is 2. The summed E-state index contributed by atoms with van der Waals surface area (Å²) in [6.45, 7) is 3.24. The number of nitrogens with zero attached hydrogens (tertiary/aromatic N) is 4. The minimum atomic E-state index is 0.573. The summed E-state index contributed by atoms with van der Waals surface area (Å²) in [5.41, 5.74) is 0.827. The first kappa shape index (κ1) is 14.6. The number of benzene rings is 1. The molecule has 0 atom stereocenters. The van der Waals surface area contributed by atoms with Crippen molar-refractivity contribution in [3.8, 4) is 11.4 Å². The SMILES string of the molecule is Cn1c(-c2ccc(Cl)cc2Cl)nnc1N1CCCOCC1. The van der Waals surface area contributed by atoms with Gasteiger partial charge in [-0.3, -0.25) is 4.57 Å². The van der Waals surface area contributed by atoms with Crippen molar-refractivity contribution in [2.24, 2.45) is 7.05 Å². The molecule has 1 aliphatic heterocycles. The Balaban J connectivity index is 1.94. The lowest BCUT2D eigenvalue weighted by molar-refractivity contribution is 0.152. The molecule has 0 aliphatic carbocycles. The molecule has 21 heavy (non-hydrogen) atoms. The lowest BCUT2D eigenvalue weighted by atomic mass is 10.2. The Labute approximate surface area is 133 Å². The van der Waals surface area contributed by atoms with E-state index in [1.807, 2.05) is 17.7 Å². The van der Waals surface area contributed by atoms with Gasteiger partial charge in [-0.15, -0.1) is 10.2 Å². The summed E-state index contributed by atoms with van der Waals surface area (Å²) in [6.07, 6.45) is 0.990. The van der Waals surface area contributed by atoms with Gasteiger partial charge in [-0.05, 0) is 24.6 Å². The van der Waals surface area contributed by atoms with E-state index in [2.05, 4.69) is 15.1 Å². The molecule has 5 nitrogen and oxygen atoms in total. The van der Waals surface area contributed by atoms with Gasteiger partial charge in [0.25, 0.3) is 0 Å². The third-order valence-electron chi connectivity index (χ3n) is 3.53. The van der Waals surface area contributed by atoms with E-state index >= 15 is 0 Å². The fourth-order valence-corrected chi connectivity index (χ4v) is 2.94. The molecule has 0 saturated carbocycles. The average molecular weight is 327 g/mol. The number of anilines is 1. The number of ether oxygens (including phenoxy) is 1. The Morgan fingerprint density at radius 3 is 2.81 bits per heavy atom. The molecule has 7 heteroatoms. The molecule has 0 amide bonds. The third-order valence-corrected chi connectivity index (χ3v) is 4.08. The minimum Gasteiger partial charge on any atom is -0.380 e. The van der Waals surface area contributed by atoms with Gasteiger partial charge in [-0.25, -0.2) is 0 Å². The number of halogens is 2. The summed E-state index contributed by atoms with van der Waals surface area (Å²) in [5.74, 6) is 1.57. The Kier molecular flexibility index (Phi) is 4.33. The highest BCUT2D eigenvalue weighted by Gasteiger charge is 2.19. The van der Waals surface area contributed by atoms with Crippen molar-refractivity contribution in [2.75, 3.05) is 31.2 Å². The van der Waals surface area contributed by atoms with Crippen LogP contribution < -0.4 is 4.90 Å². The zero-order valence-corrected chi connectivity index (χ0v) is 13.2. The predicted octanol–water partition coefficient (Wildman–Crippen LogP) is 3.02. The molecule has 1 aromatic heterocycles. The van der Waals surface area contributed by atoms with Crippen LogP contribution in [0, 0.1) is 0 Å². The van der Waals surface area contributed by atoms with Crippen LogP contribution in [-0.2, 0) is 11.8 Å². The van der Waals surface area contributed by atoms with E-state index in [1.54, 1.807) is 12.1 Å². The molecule has 0 unspecified atom stereocenters. The van der Waals surface area contributed by atoms with Gasteiger partial charge in [0.05, 0.1) is 11.6 Å². The van der Waals surface area contributed by atoms with Crippen LogP contribution in [0.25, 0.3) is 11.4 Å². The maximum absolute atomic E-state index is 6.26. The molecule has 0 bridgehead atoms. The van der Waals surface area contributed by atoms with Crippen molar-refractivity contribution in [3.63, 3.8) is 0 Å². The second-order valence-corrected chi connectivity index (χ2v) is 5.80. The monoisotopic (exact) mass is 326 g/mol. The van der Waals surface area contributed by atoms with Gasteiger partial charge >= 0.3 is 0 Å². The molecule has 1 fully saturated rings. The van der Waals surface area contributed by atoms with Crippen LogP contribution >= 0.6 is 23.2 Å². The minimum absolute atomic E-state index is 0.573. The average Bonchev–Trinajstić information content (AvgIpc) is 2.67. The van der Waals surface area contributed by atoms with Crippen molar-refractivity contribution >= 4 is 29.2 Å². The van der Waals surface area contributed by atoms with Gasteiger partial charge in [0.2, 0.25) is 5.95 Å². The fraction of sp³-hybridized carbons (Fsp3) is 0.429. The summed E-state index contributed by atoms with van der Waals surface area (Å²) >= 11 is 12.2. The number of aromatic nitrogens is 3. The maximum atomic E-state index is 6.26. The van der Waals surface area contributed by atoms with Crippen molar-refractivity contribution in [3.05, 3.63) is 28.2 Å². The number of hydrogen-bond donors (Lipinski definition) is 0. The standard InChI is InChI=1S/C14H16Cl2N4O/c1-19-13(11-4-3-10(15)9-12(11)16)17-18-14(19)20-5-2-7-21-8-6-20/h3-4,9H,2,5-8H2,1H3. The van der Waals surface area contributed by atoms with E-state index in [1.165, 1.54) is 0 Å². The molecule has 112 valence electrons. The Morgan fingerprint density at radius 2 is 2.00 bits per heavy atom. The third kappa shape index (κ3) is 3.00. The first-order valence-corrected chi connectivity index (χ1v) is 7.60. The van der Waals surface area contributed by atoms with E-state index < -0.39 is 0 Å². The zero-order valence-electron chi connectivity index (χ0n) is 11.7. The van der Waals surface area contributed by atoms with Crippen LogP contribution in [0.4, 0.5) is 5.95 Å². The summed E-state index contributed by atoms with van der Waals surface area (Å²) in [5, 5.41) is 9.78. The van der Waals surface area contributed by atoms with Gasteiger partial charge in [0.1, 0.15) is 0 Å². The molecular weight excluding hydrogens is 311 g/mol. The molecule has 1 aromatic carbocycles. The Bertz CT molecular complexity index is 636. The van der Waals surface area contributed by atoms with Crippen molar-refractivity contribution in [1.82, 2.24) is 14.8 Å². The second kappa shape index (κ2) is 6.22. The topological polar surface area (TPSA) is 43.2 Å². The van der Waals surface area contributed by atoms with Crippen LogP contribution in [0.3, 0.4) is 0 Å². The summed E-state index contributed by atoms with van der Waals surface area (Å²) in [6, 6.07) is 5.38. The van der Waals surface area contributed by atoms with E-state index in [0.717, 1.165) is 43.5 Å². The highest BCUT2D eigenvalue weighted by molar-refractivity contribution is 6.36. The van der Waals surface area contributed by atoms with E-state index in [-0.39, 0.29) is 0 Å². The molecule has 0 radical (unpaired) electrons. The highest BCUT2D eigenvalue weighted by Crippen LogP contribution is 2.30. The molecule has 1 saturated heterocycles. The smallest absolute Gasteiger partial charge is 0.227 e. The lowest BCUT2D eigenvalue weighted by Gasteiger charge is -2.20. The summed E-state index contributed by atoms with van der Waals surface area (Å²) in [4.78, 5) is 2.19. The van der Waals surface area contributed by atoms with Crippen LogP contribution in [0.5, 0.6) is 0 Å². The van der Waals surface area contributed by atoms with Gasteiger partial charge in [-0.2, -0.15) is 0 Å². The lowest BCUT2D eigenvalue weighted by Crippen LogP contribution is -2.28. The van der Waals surface area contributed by atoms with Gasteiger partial charge < -0.3 is 9.64 Å². The Hall–Kier alpha value is -1.30. The quantitative estimate of drug-likeness (QED) is 0.850. The molecule has 3 rings (SSSR count). The van der Waals surface area contributed by atoms with Crippen LogP contribution in [0.15, 0.2) is 18.2 Å². The first-order chi connectivity index (χ1) is 10.2. The van der Waals surface area contributed by atoms with Crippen LogP contribution in [0.2, 0.25) is 10.0 Å². The molecule has 2 heterocycles. The van der Waals surface area contributed by atoms with E-state index in [9.17, 15) is 0 Å². The fourth-order valence-electron chi connectivity index (χ4n) is 2.45. The molecule has 0 N–H and O–H groups in total. The normalized spacial score (nSPS) is 16.0. The van der Waals surface area contributed by atoms with Gasteiger partial charge in [0.15, 0.2) is 5.82 Å². The predicted molar refractivity (Wildman–Crippen MR) is 84.1 cm³/mol. The Morgan fingerprint density at radius 1 is 1.14 bits per heavy atom. The molecule has 1 aliphatic rings. The largest absolute Gasteiger partial charge is 0.380 e. The first-order valence-electron chi connectivity index (χ1n) is 6.84. The van der Waals surface area contributed by atoms with Crippen molar-refractivity contribution in [2.45, 2.75) is 6.42 Å². The maximum Gasteiger partial charge on any atom is 0.227 e. The second-order valence-electron chi connectivity index (χ2n) is 4.96.